The van der Waals surface area contributed by atoms with Crippen LogP contribution < -0.4 is 5.32 Å². The molecule has 6 heteroatoms. The summed E-state index contributed by atoms with van der Waals surface area (Å²) in [6, 6.07) is 5.34. The fourth-order valence-corrected chi connectivity index (χ4v) is 2.13. The first-order valence-corrected chi connectivity index (χ1v) is 5.99. The summed E-state index contributed by atoms with van der Waals surface area (Å²) in [6.07, 6.45) is 2.50. The van der Waals surface area contributed by atoms with Crippen LogP contribution in [0.3, 0.4) is 0 Å². The van der Waals surface area contributed by atoms with Gasteiger partial charge in [-0.2, -0.15) is 0 Å². The minimum atomic E-state index is -1.22. The van der Waals surface area contributed by atoms with Gasteiger partial charge in [-0.25, -0.2) is 4.98 Å². The van der Waals surface area contributed by atoms with E-state index in [1.165, 1.54) is 0 Å². The Bertz CT molecular complexity index is 685. The first-order valence-electron chi connectivity index (χ1n) is 5.99. The lowest BCUT2D eigenvalue weighted by Gasteiger charge is -2.10. The predicted octanol–water partition coefficient (Wildman–Crippen LogP) is 1.38. The van der Waals surface area contributed by atoms with Crippen LogP contribution in [0.1, 0.15) is 12.8 Å². The zero-order valence-electron chi connectivity index (χ0n) is 10.4. The van der Waals surface area contributed by atoms with E-state index in [1.54, 1.807) is 18.5 Å². The molecule has 0 atom stereocenters. The van der Waals surface area contributed by atoms with E-state index in [2.05, 4.69) is 10.3 Å². The van der Waals surface area contributed by atoms with Gasteiger partial charge in [-0.15, -0.1) is 0 Å². The van der Waals surface area contributed by atoms with Crippen molar-refractivity contribution < 1.29 is 14.7 Å². The molecule has 1 aromatic carbocycles. The SMILES string of the molecule is Cn1cnc2cc(NC(=O)C3(C(=O)O)CC3)ccc21. The van der Waals surface area contributed by atoms with Crippen LogP contribution in [-0.2, 0) is 16.6 Å². The fourth-order valence-electron chi connectivity index (χ4n) is 2.13. The highest BCUT2D eigenvalue weighted by atomic mass is 16.4. The second kappa shape index (κ2) is 3.81. The largest absolute Gasteiger partial charge is 0.480 e. The number of amides is 1. The van der Waals surface area contributed by atoms with Crippen molar-refractivity contribution in [1.82, 2.24) is 9.55 Å². The average molecular weight is 259 g/mol. The molecule has 1 aliphatic carbocycles. The summed E-state index contributed by atoms with van der Waals surface area (Å²) in [5.41, 5.74) is 1.07. The Kier molecular flexibility index (Phi) is 2.35. The highest BCUT2D eigenvalue weighted by Crippen LogP contribution is 2.46. The van der Waals surface area contributed by atoms with E-state index in [-0.39, 0.29) is 0 Å². The molecule has 6 nitrogen and oxygen atoms in total. The van der Waals surface area contributed by atoms with Crippen LogP contribution in [0.15, 0.2) is 24.5 Å². The van der Waals surface area contributed by atoms with Gasteiger partial charge < -0.3 is 15.0 Å². The quantitative estimate of drug-likeness (QED) is 0.815. The van der Waals surface area contributed by atoms with Crippen molar-refractivity contribution >= 4 is 28.6 Å². The molecule has 98 valence electrons. The third kappa shape index (κ3) is 1.76. The molecule has 1 aromatic heterocycles. The Morgan fingerprint density at radius 3 is 2.79 bits per heavy atom. The minimum Gasteiger partial charge on any atom is -0.480 e. The number of aryl methyl sites for hydroxylation is 1. The summed E-state index contributed by atoms with van der Waals surface area (Å²) in [5, 5.41) is 11.7. The summed E-state index contributed by atoms with van der Waals surface area (Å²) in [6.45, 7) is 0. The third-order valence-electron chi connectivity index (χ3n) is 3.58. The number of benzene rings is 1. The highest BCUT2D eigenvalue weighted by Gasteiger charge is 2.57. The zero-order valence-corrected chi connectivity index (χ0v) is 10.4. The van der Waals surface area contributed by atoms with Gasteiger partial charge in [0, 0.05) is 12.7 Å². The van der Waals surface area contributed by atoms with Gasteiger partial charge in [0.2, 0.25) is 5.91 Å². The molecule has 0 bridgehead atoms. The van der Waals surface area contributed by atoms with E-state index in [0.29, 0.717) is 18.5 Å². The lowest BCUT2D eigenvalue weighted by molar-refractivity contribution is -0.147. The number of fused-ring (bicyclic) bond motifs is 1. The number of anilines is 1. The molecular weight excluding hydrogens is 246 g/mol. The summed E-state index contributed by atoms with van der Waals surface area (Å²) >= 11 is 0. The molecule has 0 radical (unpaired) electrons. The molecule has 0 saturated heterocycles. The number of imidazole rings is 1. The van der Waals surface area contributed by atoms with Gasteiger partial charge in [-0.1, -0.05) is 0 Å². The maximum absolute atomic E-state index is 12.0. The van der Waals surface area contributed by atoms with Gasteiger partial charge in [0.25, 0.3) is 0 Å². The molecule has 1 heterocycles. The van der Waals surface area contributed by atoms with E-state index in [0.717, 1.165) is 11.0 Å². The Labute approximate surface area is 109 Å². The molecule has 0 unspecified atom stereocenters. The molecule has 0 spiro atoms. The number of nitrogens with one attached hydrogen (secondary N) is 1. The van der Waals surface area contributed by atoms with Crippen molar-refractivity contribution in [3.8, 4) is 0 Å². The normalized spacial score (nSPS) is 16.3. The highest BCUT2D eigenvalue weighted by molar-refractivity contribution is 6.11. The van der Waals surface area contributed by atoms with Crippen LogP contribution in [0.25, 0.3) is 11.0 Å². The topological polar surface area (TPSA) is 84.2 Å². The second-order valence-electron chi connectivity index (χ2n) is 4.90. The first kappa shape index (κ1) is 11.7. The van der Waals surface area contributed by atoms with Crippen molar-refractivity contribution in [2.45, 2.75) is 12.8 Å². The number of carbonyl (C=O) groups excluding carboxylic acids is 1. The molecule has 1 amide bonds. The van der Waals surface area contributed by atoms with E-state index in [4.69, 9.17) is 5.11 Å². The first-order chi connectivity index (χ1) is 9.03. The van der Waals surface area contributed by atoms with Gasteiger partial charge in [0.05, 0.1) is 17.4 Å². The van der Waals surface area contributed by atoms with Gasteiger partial charge >= 0.3 is 5.97 Å². The zero-order chi connectivity index (χ0) is 13.6. The van der Waals surface area contributed by atoms with E-state index >= 15 is 0 Å². The van der Waals surface area contributed by atoms with Crippen molar-refractivity contribution in [1.29, 1.82) is 0 Å². The second-order valence-corrected chi connectivity index (χ2v) is 4.90. The monoisotopic (exact) mass is 259 g/mol. The summed E-state index contributed by atoms with van der Waals surface area (Å²) in [4.78, 5) is 27.2. The van der Waals surface area contributed by atoms with E-state index in [9.17, 15) is 9.59 Å². The Morgan fingerprint density at radius 1 is 1.42 bits per heavy atom. The Hall–Kier alpha value is -2.37. The summed E-state index contributed by atoms with van der Waals surface area (Å²) in [5.74, 6) is -1.50. The van der Waals surface area contributed by atoms with Crippen LogP contribution in [0.4, 0.5) is 5.69 Å². The number of nitrogens with zero attached hydrogens (tertiary/aromatic N) is 2. The number of aromatic nitrogens is 2. The molecule has 1 saturated carbocycles. The van der Waals surface area contributed by atoms with Crippen molar-refractivity contribution in [3.63, 3.8) is 0 Å². The molecule has 2 N–H and O–H groups in total. The average Bonchev–Trinajstić information content (AvgIpc) is 3.11. The molecule has 1 fully saturated rings. The number of hydrogen-bond donors (Lipinski definition) is 2. The summed E-state index contributed by atoms with van der Waals surface area (Å²) in [7, 11) is 1.89. The number of aliphatic carboxylic acids is 1. The number of rotatable bonds is 3. The van der Waals surface area contributed by atoms with Gasteiger partial charge in [-0.3, -0.25) is 9.59 Å². The van der Waals surface area contributed by atoms with E-state index in [1.807, 2.05) is 17.7 Å². The predicted molar refractivity (Wildman–Crippen MR) is 68.6 cm³/mol. The lowest BCUT2D eigenvalue weighted by Crippen LogP contribution is -2.31. The Morgan fingerprint density at radius 2 is 2.16 bits per heavy atom. The number of carbonyl (C=O) groups is 2. The number of hydrogen-bond acceptors (Lipinski definition) is 3. The molecule has 3 rings (SSSR count). The molecule has 2 aromatic rings. The Balaban J connectivity index is 1.86. The van der Waals surface area contributed by atoms with Crippen LogP contribution in [0.2, 0.25) is 0 Å². The van der Waals surface area contributed by atoms with Crippen molar-refractivity contribution in [3.05, 3.63) is 24.5 Å². The van der Waals surface area contributed by atoms with Crippen molar-refractivity contribution in [2.75, 3.05) is 5.32 Å². The van der Waals surface area contributed by atoms with Crippen molar-refractivity contribution in [2.24, 2.45) is 12.5 Å². The maximum Gasteiger partial charge on any atom is 0.319 e. The third-order valence-corrected chi connectivity index (χ3v) is 3.58. The minimum absolute atomic E-state index is 0.403. The molecule has 19 heavy (non-hydrogen) atoms. The van der Waals surface area contributed by atoms with Crippen LogP contribution in [0, 0.1) is 5.41 Å². The fraction of sp³-hybridized carbons (Fsp3) is 0.308. The van der Waals surface area contributed by atoms with Gasteiger partial charge in [-0.05, 0) is 31.0 Å². The molecule has 1 aliphatic rings. The van der Waals surface area contributed by atoms with Crippen LogP contribution in [0.5, 0.6) is 0 Å². The molecular formula is C13H13N3O3. The number of carboxylic acid groups (broad SMARTS) is 1. The maximum atomic E-state index is 12.0. The van der Waals surface area contributed by atoms with Crippen LogP contribution in [-0.4, -0.2) is 26.5 Å². The number of carboxylic acids is 1. The van der Waals surface area contributed by atoms with Crippen LogP contribution >= 0.6 is 0 Å². The molecule has 0 aliphatic heterocycles. The lowest BCUT2D eigenvalue weighted by atomic mass is 10.1. The summed E-state index contributed by atoms with van der Waals surface area (Å²) < 4.78 is 1.88. The standard InChI is InChI=1S/C13H13N3O3/c1-16-7-14-9-6-8(2-3-10(9)16)15-11(17)13(4-5-13)12(18)19/h2-3,6-7H,4-5H2,1H3,(H,15,17)(H,18,19). The van der Waals surface area contributed by atoms with Gasteiger partial charge in [0.1, 0.15) is 5.41 Å². The van der Waals surface area contributed by atoms with Gasteiger partial charge in [0.15, 0.2) is 0 Å². The van der Waals surface area contributed by atoms with E-state index < -0.39 is 17.3 Å². The smallest absolute Gasteiger partial charge is 0.319 e.